The average Bonchev–Trinajstić information content (AvgIpc) is 3.12. The van der Waals surface area contributed by atoms with E-state index in [-0.39, 0.29) is 18.4 Å². The lowest BCUT2D eigenvalue weighted by Gasteiger charge is -2.20. The standard InChI is InChI=1S/C22H27N3O2/c1-3-16(2)17-10-12-18(13-11-17)24-21(26)15-23-19-7-4-5-8-20(19)25-14-6-9-22(25)27/h4-5,7-8,10-13,16,23H,3,6,9,14-15H2,1-2H3,(H,24,26). The molecule has 0 aliphatic carbocycles. The van der Waals surface area contributed by atoms with Crippen LogP contribution in [0.2, 0.25) is 0 Å². The van der Waals surface area contributed by atoms with Crippen LogP contribution in [0, 0.1) is 0 Å². The van der Waals surface area contributed by atoms with Crippen molar-refractivity contribution in [2.75, 3.05) is 28.6 Å². The first kappa shape index (κ1) is 19.0. The molecule has 1 aliphatic heterocycles. The normalized spacial score (nSPS) is 14.9. The largest absolute Gasteiger partial charge is 0.374 e. The van der Waals surface area contributed by atoms with Gasteiger partial charge in [-0.3, -0.25) is 9.59 Å². The van der Waals surface area contributed by atoms with E-state index in [0.29, 0.717) is 12.3 Å². The zero-order valence-electron chi connectivity index (χ0n) is 16.0. The number of hydrogen-bond acceptors (Lipinski definition) is 3. The summed E-state index contributed by atoms with van der Waals surface area (Å²) in [4.78, 5) is 26.1. The van der Waals surface area contributed by atoms with E-state index in [1.54, 1.807) is 4.90 Å². The summed E-state index contributed by atoms with van der Waals surface area (Å²) in [5.74, 6) is 0.533. The van der Waals surface area contributed by atoms with Crippen LogP contribution in [0.5, 0.6) is 0 Å². The van der Waals surface area contributed by atoms with Crippen LogP contribution in [0.1, 0.15) is 44.6 Å². The summed E-state index contributed by atoms with van der Waals surface area (Å²) in [6.07, 6.45) is 2.55. The second-order valence-corrected chi connectivity index (χ2v) is 7.00. The summed E-state index contributed by atoms with van der Waals surface area (Å²) in [6.45, 7) is 5.23. The van der Waals surface area contributed by atoms with Gasteiger partial charge in [0.25, 0.3) is 0 Å². The molecule has 1 fully saturated rings. The summed E-state index contributed by atoms with van der Waals surface area (Å²) in [7, 11) is 0. The van der Waals surface area contributed by atoms with Gasteiger partial charge in [0.15, 0.2) is 0 Å². The molecule has 0 spiro atoms. The molecule has 5 nitrogen and oxygen atoms in total. The summed E-state index contributed by atoms with van der Waals surface area (Å²) in [6, 6.07) is 15.6. The van der Waals surface area contributed by atoms with E-state index in [0.717, 1.165) is 36.4 Å². The number of para-hydroxylation sites is 2. The molecule has 2 amide bonds. The van der Waals surface area contributed by atoms with Gasteiger partial charge in [-0.25, -0.2) is 0 Å². The van der Waals surface area contributed by atoms with E-state index in [1.807, 2.05) is 36.4 Å². The van der Waals surface area contributed by atoms with Gasteiger partial charge < -0.3 is 15.5 Å². The van der Waals surface area contributed by atoms with Crippen molar-refractivity contribution in [1.29, 1.82) is 0 Å². The molecule has 142 valence electrons. The first-order valence-electron chi connectivity index (χ1n) is 9.61. The van der Waals surface area contributed by atoms with Crippen molar-refractivity contribution in [2.45, 2.75) is 39.0 Å². The monoisotopic (exact) mass is 365 g/mol. The van der Waals surface area contributed by atoms with Gasteiger partial charge in [-0.15, -0.1) is 0 Å². The summed E-state index contributed by atoms with van der Waals surface area (Å²) in [5.41, 5.74) is 3.70. The van der Waals surface area contributed by atoms with Crippen molar-refractivity contribution < 1.29 is 9.59 Å². The summed E-state index contributed by atoms with van der Waals surface area (Å²) < 4.78 is 0. The first-order chi connectivity index (χ1) is 13.1. The third-order valence-electron chi connectivity index (χ3n) is 5.08. The molecule has 1 heterocycles. The van der Waals surface area contributed by atoms with Crippen LogP contribution in [0.15, 0.2) is 48.5 Å². The van der Waals surface area contributed by atoms with Gasteiger partial charge in [-0.1, -0.05) is 38.1 Å². The predicted octanol–water partition coefficient (Wildman–Crippen LogP) is 4.38. The first-order valence-corrected chi connectivity index (χ1v) is 9.61. The van der Waals surface area contributed by atoms with Crippen LogP contribution in [-0.2, 0) is 9.59 Å². The number of benzene rings is 2. The number of hydrogen-bond donors (Lipinski definition) is 2. The second-order valence-electron chi connectivity index (χ2n) is 7.00. The van der Waals surface area contributed by atoms with Gasteiger partial charge >= 0.3 is 0 Å². The minimum absolute atomic E-state index is 0.117. The quantitative estimate of drug-likeness (QED) is 0.765. The Kier molecular flexibility index (Phi) is 6.12. The highest BCUT2D eigenvalue weighted by atomic mass is 16.2. The lowest BCUT2D eigenvalue weighted by molar-refractivity contribution is -0.117. The molecule has 1 unspecified atom stereocenters. The van der Waals surface area contributed by atoms with E-state index in [1.165, 1.54) is 5.56 Å². The lowest BCUT2D eigenvalue weighted by Crippen LogP contribution is -2.26. The Labute approximate surface area is 160 Å². The van der Waals surface area contributed by atoms with Crippen LogP contribution in [-0.4, -0.2) is 24.9 Å². The van der Waals surface area contributed by atoms with Crippen molar-refractivity contribution in [3.05, 3.63) is 54.1 Å². The highest BCUT2D eigenvalue weighted by molar-refractivity contribution is 5.99. The minimum atomic E-state index is -0.117. The van der Waals surface area contributed by atoms with Crippen molar-refractivity contribution in [2.24, 2.45) is 0 Å². The van der Waals surface area contributed by atoms with Gasteiger partial charge in [0, 0.05) is 18.7 Å². The highest BCUT2D eigenvalue weighted by Crippen LogP contribution is 2.29. The van der Waals surface area contributed by atoms with Crippen molar-refractivity contribution >= 4 is 28.9 Å². The molecule has 1 atom stereocenters. The van der Waals surface area contributed by atoms with Gasteiger partial charge in [0.2, 0.25) is 11.8 Å². The van der Waals surface area contributed by atoms with E-state index in [4.69, 9.17) is 0 Å². The zero-order valence-corrected chi connectivity index (χ0v) is 16.0. The van der Waals surface area contributed by atoms with Crippen LogP contribution >= 0.6 is 0 Å². The van der Waals surface area contributed by atoms with Crippen molar-refractivity contribution in [3.63, 3.8) is 0 Å². The average molecular weight is 365 g/mol. The zero-order chi connectivity index (χ0) is 19.2. The molecular weight excluding hydrogens is 338 g/mol. The molecule has 0 bridgehead atoms. The SMILES string of the molecule is CCC(C)c1ccc(NC(=O)CNc2ccccc2N2CCCC2=O)cc1. The number of carbonyl (C=O) groups excluding carboxylic acids is 2. The minimum Gasteiger partial charge on any atom is -0.374 e. The Morgan fingerprint density at radius 3 is 2.56 bits per heavy atom. The van der Waals surface area contributed by atoms with Crippen molar-refractivity contribution in [3.8, 4) is 0 Å². The summed E-state index contributed by atoms with van der Waals surface area (Å²) >= 11 is 0. The molecule has 2 aromatic carbocycles. The van der Waals surface area contributed by atoms with E-state index < -0.39 is 0 Å². The fourth-order valence-electron chi connectivity index (χ4n) is 3.27. The van der Waals surface area contributed by atoms with Crippen LogP contribution in [0.4, 0.5) is 17.1 Å². The molecule has 5 heteroatoms. The number of nitrogens with zero attached hydrogens (tertiary/aromatic N) is 1. The maximum atomic E-state index is 12.3. The maximum Gasteiger partial charge on any atom is 0.243 e. The third kappa shape index (κ3) is 4.67. The Morgan fingerprint density at radius 1 is 1.15 bits per heavy atom. The smallest absolute Gasteiger partial charge is 0.243 e. The lowest BCUT2D eigenvalue weighted by atomic mass is 9.99. The molecule has 0 saturated carbocycles. The molecule has 2 N–H and O–H groups in total. The molecule has 2 aromatic rings. The number of nitrogens with one attached hydrogen (secondary N) is 2. The van der Waals surface area contributed by atoms with Gasteiger partial charge in [-0.2, -0.15) is 0 Å². The second kappa shape index (κ2) is 8.71. The van der Waals surface area contributed by atoms with Gasteiger partial charge in [-0.05, 0) is 48.6 Å². The fourth-order valence-corrected chi connectivity index (χ4v) is 3.27. The Hall–Kier alpha value is -2.82. The highest BCUT2D eigenvalue weighted by Gasteiger charge is 2.23. The van der Waals surface area contributed by atoms with Gasteiger partial charge in [0.05, 0.1) is 17.9 Å². The Morgan fingerprint density at radius 2 is 1.89 bits per heavy atom. The maximum absolute atomic E-state index is 12.3. The predicted molar refractivity (Wildman–Crippen MR) is 110 cm³/mol. The Balaban J connectivity index is 1.59. The molecule has 0 radical (unpaired) electrons. The van der Waals surface area contributed by atoms with Crippen molar-refractivity contribution in [1.82, 2.24) is 0 Å². The number of rotatable bonds is 7. The number of anilines is 3. The fraction of sp³-hybridized carbons (Fsp3) is 0.364. The molecule has 0 aromatic heterocycles. The molecule has 1 saturated heterocycles. The molecule has 27 heavy (non-hydrogen) atoms. The number of amides is 2. The topological polar surface area (TPSA) is 61.4 Å². The molecule has 3 rings (SSSR count). The van der Waals surface area contributed by atoms with Crippen LogP contribution in [0.3, 0.4) is 0 Å². The van der Waals surface area contributed by atoms with E-state index in [9.17, 15) is 9.59 Å². The summed E-state index contributed by atoms with van der Waals surface area (Å²) in [5, 5.41) is 6.08. The van der Waals surface area contributed by atoms with Gasteiger partial charge in [0.1, 0.15) is 0 Å². The van der Waals surface area contributed by atoms with Crippen LogP contribution in [0.25, 0.3) is 0 Å². The van der Waals surface area contributed by atoms with Crippen LogP contribution < -0.4 is 15.5 Å². The molecule has 1 aliphatic rings. The Bertz CT molecular complexity index is 801. The molecular formula is C22H27N3O2. The van der Waals surface area contributed by atoms with E-state index in [2.05, 4.69) is 36.6 Å². The number of carbonyl (C=O) groups is 2. The third-order valence-corrected chi connectivity index (χ3v) is 5.08. The van der Waals surface area contributed by atoms with E-state index >= 15 is 0 Å².